The number of rotatable bonds is 4. The van der Waals surface area contributed by atoms with Crippen LogP contribution in [0.5, 0.6) is 0 Å². The third-order valence-corrected chi connectivity index (χ3v) is 3.92. The maximum Gasteiger partial charge on any atom is 0.106 e. The van der Waals surface area contributed by atoms with E-state index in [4.69, 9.17) is 9.72 Å². The summed E-state index contributed by atoms with van der Waals surface area (Å²) >= 11 is 0. The molecule has 0 amide bonds. The fourth-order valence-electron chi connectivity index (χ4n) is 2.64. The summed E-state index contributed by atoms with van der Waals surface area (Å²) in [5.41, 5.74) is 2.67. The molecule has 3 nitrogen and oxygen atoms in total. The van der Waals surface area contributed by atoms with Gasteiger partial charge in [0.05, 0.1) is 5.69 Å². The average molecular weight is 236 g/mol. The molecule has 0 radical (unpaired) electrons. The van der Waals surface area contributed by atoms with Crippen LogP contribution in [0.3, 0.4) is 0 Å². The predicted octanol–water partition coefficient (Wildman–Crippen LogP) is 2.61. The molecule has 1 aromatic heterocycles. The Labute approximate surface area is 104 Å². The average Bonchev–Trinajstić information content (AvgIpc) is 2.60. The van der Waals surface area contributed by atoms with Crippen molar-refractivity contribution in [1.82, 2.24) is 9.97 Å². The van der Waals surface area contributed by atoms with Crippen LogP contribution in [0.25, 0.3) is 0 Å². The Morgan fingerprint density at radius 3 is 2.76 bits per heavy atom. The van der Waals surface area contributed by atoms with Crippen molar-refractivity contribution in [2.24, 2.45) is 17.8 Å². The first kappa shape index (κ1) is 12.6. The van der Waals surface area contributed by atoms with Crippen molar-refractivity contribution >= 4 is 0 Å². The van der Waals surface area contributed by atoms with Gasteiger partial charge in [-0.3, -0.25) is 0 Å². The largest absolute Gasteiger partial charge is 0.384 e. The van der Waals surface area contributed by atoms with Gasteiger partial charge in [-0.25, -0.2) is 4.98 Å². The highest BCUT2D eigenvalue weighted by atomic mass is 16.5. The van der Waals surface area contributed by atoms with Gasteiger partial charge in [-0.05, 0) is 30.6 Å². The van der Waals surface area contributed by atoms with Crippen molar-refractivity contribution in [2.75, 3.05) is 13.7 Å². The van der Waals surface area contributed by atoms with E-state index in [1.807, 2.05) is 0 Å². The molecule has 0 aromatic carbocycles. The smallest absolute Gasteiger partial charge is 0.106 e. The zero-order chi connectivity index (χ0) is 12.4. The highest BCUT2D eigenvalue weighted by Gasteiger charge is 2.25. The van der Waals surface area contributed by atoms with Gasteiger partial charge in [0, 0.05) is 25.8 Å². The van der Waals surface area contributed by atoms with E-state index >= 15 is 0 Å². The summed E-state index contributed by atoms with van der Waals surface area (Å²) in [6.07, 6.45) is 3.28. The molecule has 0 saturated heterocycles. The molecular weight excluding hydrogens is 212 g/mol. The first-order valence-corrected chi connectivity index (χ1v) is 6.65. The normalized spacial score (nSPS) is 25.6. The summed E-state index contributed by atoms with van der Waals surface area (Å²) in [5, 5.41) is 0. The van der Waals surface area contributed by atoms with Gasteiger partial charge < -0.3 is 9.72 Å². The highest BCUT2D eigenvalue weighted by Crippen LogP contribution is 2.28. The summed E-state index contributed by atoms with van der Waals surface area (Å²) in [5.74, 6) is 3.20. The molecular formula is C14H24N2O. The summed E-state index contributed by atoms with van der Waals surface area (Å²) in [6, 6.07) is 0. The minimum absolute atomic E-state index is 0.530. The van der Waals surface area contributed by atoms with Crippen LogP contribution in [-0.2, 0) is 24.0 Å². The fraction of sp³-hybridized carbons (Fsp3) is 0.786. The van der Waals surface area contributed by atoms with E-state index in [0.29, 0.717) is 5.92 Å². The zero-order valence-corrected chi connectivity index (χ0v) is 11.4. The van der Waals surface area contributed by atoms with Crippen molar-refractivity contribution in [3.05, 3.63) is 17.2 Å². The van der Waals surface area contributed by atoms with Crippen LogP contribution in [0.4, 0.5) is 0 Å². The number of H-pyrrole nitrogens is 1. The number of nitrogens with one attached hydrogen (secondary N) is 1. The number of nitrogens with zero attached hydrogens (tertiary/aromatic N) is 1. The monoisotopic (exact) mass is 236 g/mol. The molecule has 0 spiro atoms. The second-order valence-electron chi connectivity index (χ2n) is 5.74. The molecule has 3 unspecified atom stereocenters. The molecule has 1 N–H and O–H groups in total. The number of methoxy groups -OCH3 is 1. The Morgan fingerprint density at radius 2 is 2.06 bits per heavy atom. The Kier molecular flexibility index (Phi) is 3.87. The maximum atomic E-state index is 5.17. The quantitative estimate of drug-likeness (QED) is 0.872. The molecule has 1 aliphatic rings. The molecule has 1 heterocycles. The lowest BCUT2D eigenvalue weighted by Gasteiger charge is -2.24. The van der Waals surface area contributed by atoms with Crippen LogP contribution in [0.2, 0.25) is 0 Å². The number of hydrogen-bond acceptors (Lipinski definition) is 2. The van der Waals surface area contributed by atoms with E-state index in [2.05, 4.69) is 25.8 Å². The second kappa shape index (κ2) is 5.21. The Morgan fingerprint density at radius 1 is 1.35 bits per heavy atom. The first-order valence-electron chi connectivity index (χ1n) is 6.65. The number of imidazole rings is 1. The van der Waals surface area contributed by atoms with E-state index in [9.17, 15) is 0 Å². The second-order valence-corrected chi connectivity index (χ2v) is 5.74. The molecule has 0 saturated carbocycles. The van der Waals surface area contributed by atoms with Crippen LogP contribution in [0.15, 0.2) is 0 Å². The van der Waals surface area contributed by atoms with Gasteiger partial charge in [-0.2, -0.15) is 0 Å². The van der Waals surface area contributed by atoms with E-state index in [0.717, 1.165) is 43.5 Å². The van der Waals surface area contributed by atoms with Gasteiger partial charge in [0.15, 0.2) is 0 Å². The SMILES string of the molecule is COCC(C)Cc1nc2c([nH]1)CC(C)C(C)C2. The maximum absolute atomic E-state index is 5.17. The van der Waals surface area contributed by atoms with Gasteiger partial charge in [0.1, 0.15) is 5.82 Å². The standard InChI is InChI=1S/C14H24N2O/c1-9(8-17-4)5-14-15-12-6-10(2)11(3)7-13(12)16-14/h9-11H,5-8H2,1-4H3,(H,15,16). The molecule has 3 atom stereocenters. The van der Waals surface area contributed by atoms with E-state index in [1.165, 1.54) is 11.4 Å². The lowest BCUT2D eigenvalue weighted by molar-refractivity contribution is 0.159. The van der Waals surface area contributed by atoms with Gasteiger partial charge in [-0.15, -0.1) is 0 Å². The molecule has 3 heteroatoms. The molecule has 96 valence electrons. The van der Waals surface area contributed by atoms with Gasteiger partial charge >= 0.3 is 0 Å². The minimum Gasteiger partial charge on any atom is -0.384 e. The van der Waals surface area contributed by atoms with Gasteiger partial charge in [-0.1, -0.05) is 20.8 Å². The Balaban J connectivity index is 2.05. The zero-order valence-electron chi connectivity index (χ0n) is 11.4. The van der Waals surface area contributed by atoms with Crippen LogP contribution in [0, 0.1) is 17.8 Å². The fourth-order valence-corrected chi connectivity index (χ4v) is 2.64. The highest BCUT2D eigenvalue weighted by molar-refractivity contribution is 5.19. The van der Waals surface area contributed by atoms with E-state index in [-0.39, 0.29) is 0 Å². The lowest BCUT2D eigenvalue weighted by atomic mass is 9.82. The lowest BCUT2D eigenvalue weighted by Crippen LogP contribution is -2.20. The summed E-state index contributed by atoms with van der Waals surface area (Å²) in [6.45, 7) is 7.67. The first-order chi connectivity index (χ1) is 8.10. The van der Waals surface area contributed by atoms with Gasteiger partial charge in [0.25, 0.3) is 0 Å². The van der Waals surface area contributed by atoms with Crippen molar-refractivity contribution < 1.29 is 4.74 Å². The summed E-state index contributed by atoms with van der Waals surface area (Å²) in [7, 11) is 1.76. The number of aromatic amines is 1. The molecule has 0 bridgehead atoms. The van der Waals surface area contributed by atoms with Crippen molar-refractivity contribution in [2.45, 2.75) is 40.0 Å². The van der Waals surface area contributed by atoms with Crippen LogP contribution in [0.1, 0.15) is 38.0 Å². The van der Waals surface area contributed by atoms with Crippen LogP contribution < -0.4 is 0 Å². The Hall–Kier alpha value is -0.830. The number of fused-ring (bicyclic) bond motifs is 1. The third-order valence-electron chi connectivity index (χ3n) is 3.92. The number of hydrogen-bond donors (Lipinski definition) is 1. The predicted molar refractivity (Wildman–Crippen MR) is 69.1 cm³/mol. The van der Waals surface area contributed by atoms with Crippen molar-refractivity contribution in [3.63, 3.8) is 0 Å². The summed E-state index contributed by atoms with van der Waals surface area (Å²) < 4.78 is 5.17. The van der Waals surface area contributed by atoms with Gasteiger partial charge in [0.2, 0.25) is 0 Å². The molecule has 17 heavy (non-hydrogen) atoms. The van der Waals surface area contributed by atoms with Crippen molar-refractivity contribution in [1.29, 1.82) is 0 Å². The Bertz CT molecular complexity index is 345. The summed E-state index contributed by atoms with van der Waals surface area (Å²) in [4.78, 5) is 8.25. The molecule has 2 rings (SSSR count). The topological polar surface area (TPSA) is 37.9 Å². The molecule has 0 fully saturated rings. The van der Waals surface area contributed by atoms with Crippen molar-refractivity contribution in [3.8, 4) is 0 Å². The molecule has 1 aromatic rings. The number of aromatic nitrogens is 2. The minimum atomic E-state index is 0.530. The molecule has 0 aliphatic heterocycles. The van der Waals surface area contributed by atoms with Crippen LogP contribution in [-0.4, -0.2) is 23.7 Å². The van der Waals surface area contributed by atoms with Crippen LogP contribution >= 0.6 is 0 Å². The number of ether oxygens (including phenoxy) is 1. The van der Waals surface area contributed by atoms with E-state index < -0.39 is 0 Å². The molecule has 1 aliphatic carbocycles. The third kappa shape index (κ3) is 2.89. The van der Waals surface area contributed by atoms with E-state index in [1.54, 1.807) is 7.11 Å².